The number of halogens is 1. The minimum absolute atomic E-state index is 0.0945. The highest BCUT2D eigenvalue weighted by atomic mass is 79.9. The number of nitrogens with one attached hydrogen (secondary N) is 1. The molecule has 168 valence electrons. The maximum Gasteiger partial charge on any atom is 0.270 e. The number of nitrogens with zero attached hydrogens (tertiary/aromatic N) is 2. The van der Waals surface area contributed by atoms with Crippen molar-refractivity contribution in [1.82, 2.24) is 9.97 Å². The fourth-order valence-corrected chi connectivity index (χ4v) is 4.73. The molecule has 5 aromatic rings. The summed E-state index contributed by atoms with van der Waals surface area (Å²) in [6, 6.07) is 27.9. The summed E-state index contributed by atoms with van der Waals surface area (Å²) in [6.45, 7) is 0. The SMILES string of the molecule is O=C1c2cc(-c3nc(-c4ccc(Br)cc4)[nH]c3-c3ccccc3)ccc2-c2ccc([N+](=O)[O-])cc21. The molecule has 6 nitrogen and oxygen atoms in total. The Kier molecular flexibility index (Phi) is 4.93. The first-order valence-electron chi connectivity index (χ1n) is 10.9. The highest BCUT2D eigenvalue weighted by Gasteiger charge is 2.29. The molecule has 1 aliphatic rings. The second-order valence-corrected chi connectivity index (χ2v) is 9.17. The van der Waals surface area contributed by atoms with Crippen LogP contribution in [-0.4, -0.2) is 20.7 Å². The Balaban J connectivity index is 1.49. The van der Waals surface area contributed by atoms with E-state index in [2.05, 4.69) is 20.9 Å². The van der Waals surface area contributed by atoms with E-state index in [1.54, 1.807) is 6.07 Å². The van der Waals surface area contributed by atoms with Gasteiger partial charge < -0.3 is 4.98 Å². The van der Waals surface area contributed by atoms with E-state index in [4.69, 9.17) is 4.98 Å². The second kappa shape index (κ2) is 8.14. The van der Waals surface area contributed by atoms with Gasteiger partial charge in [-0.15, -0.1) is 0 Å². The van der Waals surface area contributed by atoms with E-state index >= 15 is 0 Å². The molecular weight excluding hydrogens is 506 g/mol. The molecule has 4 aromatic carbocycles. The largest absolute Gasteiger partial charge is 0.337 e. The van der Waals surface area contributed by atoms with Crippen LogP contribution >= 0.6 is 15.9 Å². The maximum atomic E-state index is 13.2. The lowest BCUT2D eigenvalue weighted by Gasteiger charge is -2.06. The molecule has 1 aromatic heterocycles. The number of nitro groups is 1. The van der Waals surface area contributed by atoms with E-state index < -0.39 is 4.92 Å². The smallest absolute Gasteiger partial charge is 0.270 e. The molecule has 0 aliphatic heterocycles. The van der Waals surface area contributed by atoms with Crippen molar-refractivity contribution in [2.24, 2.45) is 0 Å². The van der Waals surface area contributed by atoms with Crippen LogP contribution < -0.4 is 0 Å². The summed E-state index contributed by atoms with van der Waals surface area (Å²) in [7, 11) is 0. The van der Waals surface area contributed by atoms with Crippen LogP contribution in [0.3, 0.4) is 0 Å². The Morgan fingerprint density at radius 2 is 1.40 bits per heavy atom. The molecule has 7 heteroatoms. The van der Waals surface area contributed by atoms with Gasteiger partial charge in [-0.3, -0.25) is 14.9 Å². The standard InChI is InChI=1S/C28H16BrN3O3/c29-19-9-6-17(7-10-19)28-30-25(16-4-2-1-3-5-16)26(31-28)18-8-12-21-22-13-11-20(32(34)35)15-24(22)27(33)23(21)14-18/h1-15H,(H,30,31). The molecule has 1 heterocycles. The summed E-state index contributed by atoms with van der Waals surface area (Å²) < 4.78 is 0.980. The molecule has 0 amide bonds. The monoisotopic (exact) mass is 521 g/mol. The molecule has 35 heavy (non-hydrogen) atoms. The highest BCUT2D eigenvalue weighted by molar-refractivity contribution is 9.10. The van der Waals surface area contributed by atoms with Crippen LogP contribution in [0.4, 0.5) is 5.69 Å². The van der Waals surface area contributed by atoms with Gasteiger partial charge >= 0.3 is 0 Å². The lowest BCUT2D eigenvalue weighted by atomic mass is 9.99. The zero-order valence-electron chi connectivity index (χ0n) is 18.2. The molecule has 6 rings (SSSR count). The van der Waals surface area contributed by atoms with E-state index in [0.717, 1.165) is 43.9 Å². The maximum absolute atomic E-state index is 13.2. The van der Waals surface area contributed by atoms with Crippen molar-refractivity contribution in [1.29, 1.82) is 0 Å². The Labute approximate surface area is 208 Å². The fraction of sp³-hybridized carbons (Fsp3) is 0. The lowest BCUT2D eigenvalue weighted by molar-refractivity contribution is -0.384. The first-order chi connectivity index (χ1) is 17.0. The quantitative estimate of drug-likeness (QED) is 0.195. The summed E-state index contributed by atoms with van der Waals surface area (Å²) in [5.74, 6) is 0.502. The number of carbonyl (C=O) groups is 1. The Morgan fingerprint density at radius 1 is 0.743 bits per heavy atom. The Hall–Kier alpha value is -4.36. The van der Waals surface area contributed by atoms with Crippen LogP contribution in [-0.2, 0) is 0 Å². The first-order valence-corrected chi connectivity index (χ1v) is 11.7. The van der Waals surface area contributed by atoms with Gasteiger partial charge in [0.15, 0.2) is 5.78 Å². The lowest BCUT2D eigenvalue weighted by Crippen LogP contribution is -1.97. The summed E-state index contributed by atoms with van der Waals surface area (Å²) in [6.07, 6.45) is 0. The van der Waals surface area contributed by atoms with E-state index in [-0.39, 0.29) is 11.5 Å². The molecule has 1 N–H and O–H groups in total. The number of rotatable bonds is 4. The number of fused-ring (bicyclic) bond motifs is 3. The molecule has 0 bridgehead atoms. The van der Waals surface area contributed by atoms with Gasteiger partial charge in [-0.1, -0.05) is 70.5 Å². The molecule has 0 atom stereocenters. The number of imidazole rings is 1. The molecule has 0 saturated heterocycles. The number of hydrogen-bond acceptors (Lipinski definition) is 4. The van der Waals surface area contributed by atoms with E-state index in [1.807, 2.05) is 72.8 Å². The minimum Gasteiger partial charge on any atom is -0.337 e. The summed E-state index contributed by atoms with van der Waals surface area (Å²) in [4.78, 5) is 32.3. The zero-order valence-corrected chi connectivity index (χ0v) is 19.7. The first kappa shape index (κ1) is 21.2. The zero-order chi connectivity index (χ0) is 24.1. The van der Waals surface area contributed by atoms with E-state index in [1.165, 1.54) is 12.1 Å². The van der Waals surface area contributed by atoms with Crippen molar-refractivity contribution in [3.05, 3.63) is 117 Å². The fourth-order valence-electron chi connectivity index (χ4n) is 4.47. The van der Waals surface area contributed by atoms with Crippen LogP contribution in [0, 0.1) is 10.1 Å². The van der Waals surface area contributed by atoms with E-state index in [9.17, 15) is 14.9 Å². The minimum atomic E-state index is -0.485. The van der Waals surface area contributed by atoms with Gasteiger partial charge in [-0.05, 0) is 35.4 Å². The molecule has 1 aliphatic carbocycles. The van der Waals surface area contributed by atoms with Crippen LogP contribution in [0.5, 0.6) is 0 Å². The van der Waals surface area contributed by atoms with Crippen LogP contribution in [0.2, 0.25) is 0 Å². The molecule has 0 fully saturated rings. The Bertz CT molecular complexity index is 1640. The van der Waals surface area contributed by atoms with Crippen LogP contribution in [0.25, 0.3) is 45.0 Å². The highest BCUT2D eigenvalue weighted by Crippen LogP contribution is 2.41. The summed E-state index contributed by atoms with van der Waals surface area (Å²) in [5, 5.41) is 11.2. The summed E-state index contributed by atoms with van der Waals surface area (Å²) in [5.41, 5.74) is 6.54. The number of aromatic amines is 1. The normalized spacial score (nSPS) is 11.9. The van der Waals surface area contributed by atoms with Crippen molar-refractivity contribution in [2.45, 2.75) is 0 Å². The number of benzene rings is 4. The number of carbonyl (C=O) groups excluding carboxylic acids is 1. The molecule has 0 saturated carbocycles. The van der Waals surface area contributed by atoms with Crippen molar-refractivity contribution in [3.8, 4) is 45.0 Å². The third-order valence-corrected chi connectivity index (χ3v) is 6.70. The number of aromatic nitrogens is 2. The predicted octanol–water partition coefficient (Wildman–Crippen LogP) is 7.29. The van der Waals surface area contributed by atoms with Crippen LogP contribution in [0.15, 0.2) is 95.5 Å². The van der Waals surface area contributed by atoms with Crippen molar-refractivity contribution < 1.29 is 9.72 Å². The van der Waals surface area contributed by atoms with Crippen molar-refractivity contribution in [2.75, 3.05) is 0 Å². The van der Waals surface area contributed by atoms with Gasteiger partial charge in [0.25, 0.3) is 5.69 Å². The number of nitro benzene ring substituents is 1. The van der Waals surface area contributed by atoms with Gasteiger partial charge in [0.1, 0.15) is 5.82 Å². The van der Waals surface area contributed by atoms with Gasteiger partial charge in [0.05, 0.1) is 16.3 Å². The van der Waals surface area contributed by atoms with Crippen molar-refractivity contribution in [3.63, 3.8) is 0 Å². The topological polar surface area (TPSA) is 88.9 Å². The van der Waals surface area contributed by atoms with Gasteiger partial charge in [-0.2, -0.15) is 0 Å². The number of hydrogen-bond donors (Lipinski definition) is 1. The average molecular weight is 522 g/mol. The van der Waals surface area contributed by atoms with Gasteiger partial charge in [-0.25, -0.2) is 4.98 Å². The third kappa shape index (κ3) is 3.57. The van der Waals surface area contributed by atoms with Crippen LogP contribution in [0.1, 0.15) is 15.9 Å². The number of H-pyrrole nitrogens is 1. The predicted molar refractivity (Wildman–Crippen MR) is 138 cm³/mol. The molecule has 0 unspecified atom stereocenters. The molecule has 0 spiro atoms. The van der Waals surface area contributed by atoms with Crippen molar-refractivity contribution >= 4 is 27.4 Å². The second-order valence-electron chi connectivity index (χ2n) is 8.26. The molecule has 0 radical (unpaired) electrons. The summed E-state index contributed by atoms with van der Waals surface area (Å²) >= 11 is 3.47. The Morgan fingerprint density at radius 3 is 2.11 bits per heavy atom. The van der Waals surface area contributed by atoms with Gasteiger partial charge in [0.2, 0.25) is 0 Å². The van der Waals surface area contributed by atoms with Gasteiger partial charge in [0, 0.05) is 44.4 Å². The van der Waals surface area contributed by atoms with E-state index in [0.29, 0.717) is 16.7 Å². The number of ketones is 1. The third-order valence-electron chi connectivity index (χ3n) is 6.17. The molecular formula is C28H16BrN3O3. The number of non-ortho nitro benzene ring substituents is 1. The average Bonchev–Trinajstić information content (AvgIpc) is 3.45.